The van der Waals surface area contributed by atoms with Gasteiger partial charge in [0.05, 0.1) is 0 Å². The van der Waals surface area contributed by atoms with Crippen molar-refractivity contribution in [2.45, 2.75) is 34.6 Å². The summed E-state index contributed by atoms with van der Waals surface area (Å²) in [6.45, 7) is 13.1. The molecule has 1 heterocycles. The van der Waals surface area contributed by atoms with Gasteiger partial charge in [-0.2, -0.15) is 0 Å². The largest absolute Gasteiger partial charge is 0.244 e. The van der Waals surface area contributed by atoms with E-state index in [1.807, 2.05) is 0 Å². The lowest BCUT2D eigenvalue weighted by atomic mass is 10.0. The van der Waals surface area contributed by atoms with E-state index < -0.39 is 0 Å². The molecule has 0 radical (unpaired) electrons. The molecule has 2 aromatic carbocycles. The van der Waals surface area contributed by atoms with Crippen LogP contribution in [0.25, 0.3) is 0 Å². The van der Waals surface area contributed by atoms with Crippen LogP contribution in [0.2, 0.25) is 0 Å². The molecule has 114 valence electrons. The third-order valence-corrected chi connectivity index (χ3v) is 4.51. The number of benzene rings is 2. The first kappa shape index (κ1) is 14.8. The molecule has 1 aliphatic heterocycles. The summed E-state index contributed by atoms with van der Waals surface area (Å²) in [4.78, 5) is 2.39. The van der Waals surface area contributed by atoms with Crippen molar-refractivity contribution >= 4 is 17.7 Å². The molecule has 1 aliphatic rings. The van der Waals surface area contributed by atoms with E-state index in [-0.39, 0.29) is 0 Å². The summed E-state index contributed by atoms with van der Waals surface area (Å²) in [6.07, 6.45) is 2.28. The van der Waals surface area contributed by atoms with E-state index in [4.69, 9.17) is 0 Å². The molecule has 0 unspecified atom stereocenters. The molecule has 0 aromatic heterocycles. The Balaban J connectivity index is 2.03. The highest BCUT2D eigenvalue weighted by Crippen LogP contribution is 2.29. The smallest absolute Gasteiger partial charge is 0.229 e. The molecular formula is C20H25N2+. The summed E-state index contributed by atoms with van der Waals surface area (Å²) in [5.41, 5.74) is 9.46. The first-order chi connectivity index (χ1) is 10.5. The monoisotopic (exact) mass is 293 g/mol. The van der Waals surface area contributed by atoms with Gasteiger partial charge >= 0.3 is 0 Å². The fraction of sp³-hybridized carbons (Fsp3) is 0.350. The molecular weight excluding hydrogens is 268 g/mol. The van der Waals surface area contributed by atoms with Gasteiger partial charge in [0.25, 0.3) is 0 Å². The third-order valence-electron chi connectivity index (χ3n) is 4.51. The summed E-state index contributed by atoms with van der Waals surface area (Å²) in [7, 11) is 0. The maximum atomic E-state index is 2.40. The van der Waals surface area contributed by atoms with Crippen LogP contribution < -0.4 is 4.90 Å². The maximum absolute atomic E-state index is 2.40. The third kappa shape index (κ3) is 2.54. The number of aryl methyl sites for hydroxylation is 5. The minimum atomic E-state index is 1.04. The Morgan fingerprint density at radius 2 is 1.45 bits per heavy atom. The molecule has 0 atom stereocenters. The molecule has 0 aliphatic carbocycles. The highest BCUT2D eigenvalue weighted by atomic mass is 15.3. The van der Waals surface area contributed by atoms with Crippen LogP contribution in [0.3, 0.4) is 0 Å². The molecule has 2 nitrogen and oxygen atoms in total. The van der Waals surface area contributed by atoms with Crippen molar-refractivity contribution in [3.8, 4) is 0 Å². The van der Waals surface area contributed by atoms with Crippen LogP contribution >= 0.6 is 0 Å². The van der Waals surface area contributed by atoms with E-state index in [1.165, 1.54) is 39.2 Å². The number of hydrogen-bond donors (Lipinski definition) is 0. The molecule has 3 rings (SSSR count). The number of anilines is 1. The van der Waals surface area contributed by atoms with Crippen molar-refractivity contribution in [3.63, 3.8) is 0 Å². The maximum Gasteiger partial charge on any atom is 0.244 e. The number of nitrogens with zero attached hydrogens (tertiary/aromatic N) is 2. The van der Waals surface area contributed by atoms with Gasteiger partial charge in [-0.3, -0.25) is 0 Å². The second-order valence-electron chi connectivity index (χ2n) is 6.49. The van der Waals surface area contributed by atoms with Gasteiger partial charge < -0.3 is 0 Å². The molecule has 0 saturated heterocycles. The average Bonchev–Trinajstić information content (AvgIpc) is 2.86. The highest BCUT2D eigenvalue weighted by molar-refractivity contribution is 5.81. The molecule has 2 aromatic rings. The van der Waals surface area contributed by atoms with Crippen molar-refractivity contribution in [3.05, 3.63) is 58.1 Å². The summed E-state index contributed by atoms with van der Waals surface area (Å²) in [5.74, 6) is 0. The standard InChI is InChI=1S/C20H25N2/c1-14-11-17(4)20(18(5)12-14)22-10-9-21(13-22)19-15(2)7-6-8-16(19)3/h6-8,11-13H,9-10H2,1-5H3/q+1. The van der Waals surface area contributed by atoms with Crippen LogP contribution in [-0.4, -0.2) is 24.0 Å². The van der Waals surface area contributed by atoms with Crippen LogP contribution in [0.15, 0.2) is 30.3 Å². The Morgan fingerprint density at radius 1 is 0.864 bits per heavy atom. The lowest BCUT2D eigenvalue weighted by Crippen LogP contribution is -2.20. The summed E-state index contributed by atoms with van der Waals surface area (Å²) < 4.78 is 2.40. The predicted molar refractivity (Wildman–Crippen MR) is 94.8 cm³/mol. The molecule has 0 N–H and O–H groups in total. The predicted octanol–water partition coefficient (Wildman–Crippen LogP) is 4.42. The fourth-order valence-corrected chi connectivity index (χ4v) is 3.72. The van der Waals surface area contributed by atoms with Gasteiger partial charge in [-0.05, 0) is 56.9 Å². The zero-order chi connectivity index (χ0) is 15.9. The van der Waals surface area contributed by atoms with Gasteiger partial charge in [0.15, 0.2) is 0 Å². The molecule has 0 bridgehead atoms. The lowest BCUT2D eigenvalue weighted by Gasteiger charge is -2.12. The Labute approximate surface area is 133 Å². The minimum Gasteiger partial charge on any atom is -0.229 e. The van der Waals surface area contributed by atoms with E-state index in [2.05, 4.69) is 80.8 Å². The Hall–Kier alpha value is -2.09. The van der Waals surface area contributed by atoms with E-state index in [0.29, 0.717) is 0 Å². The van der Waals surface area contributed by atoms with Gasteiger partial charge in [0.2, 0.25) is 6.34 Å². The number of hydrogen-bond acceptors (Lipinski definition) is 1. The molecule has 0 spiro atoms. The van der Waals surface area contributed by atoms with Crippen LogP contribution in [0, 0.1) is 34.6 Å². The second-order valence-corrected chi connectivity index (χ2v) is 6.49. The highest BCUT2D eigenvalue weighted by Gasteiger charge is 2.26. The first-order valence-corrected chi connectivity index (χ1v) is 7.99. The minimum absolute atomic E-state index is 1.04. The summed E-state index contributed by atoms with van der Waals surface area (Å²) >= 11 is 0. The SMILES string of the molecule is Cc1cc(C)c([N+]2=CN(c3c(C)cccc3C)CC2)c(C)c1. The van der Waals surface area contributed by atoms with Crippen LogP contribution in [-0.2, 0) is 0 Å². The molecule has 0 fully saturated rings. The fourth-order valence-electron chi connectivity index (χ4n) is 3.72. The number of rotatable bonds is 2. The summed E-state index contributed by atoms with van der Waals surface area (Å²) in [5, 5.41) is 0. The average molecular weight is 293 g/mol. The van der Waals surface area contributed by atoms with Crippen LogP contribution in [0.5, 0.6) is 0 Å². The van der Waals surface area contributed by atoms with Crippen molar-refractivity contribution < 1.29 is 4.58 Å². The van der Waals surface area contributed by atoms with E-state index >= 15 is 0 Å². The van der Waals surface area contributed by atoms with Gasteiger partial charge in [-0.15, -0.1) is 0 Å². The molecule has 22 heavy (non-hydrogen) atoms. The van der Waals surface area contributed by atoms with Crippen LogP contribution in [0.1, 0.15) is 27.8 Å². The molecule has 0 amide bonds. The van der Waals surface area contributed by atoms with E-state index in [9.17, 15) is 0 Å². The van der Waals surface area contributed by atoms with Crippen LogP contribution in [0.4, 0.5) is 11.4 Å². The van der Waals surface area contributed by atoms with Crippen molar-refractivity contribution in [2.24, 2.45) is 0 Å². The van der Waals surface area contributed by atoms with Crippen molar-refractivity contribution in [2.75, 3.05) is 18.0 Å². The lowest BCUT2D eigenvalue weighted by molar-refractivity contribution is -0.425. The van der Waals surface area contributed by atoms with E-state index in [1.54, 1.807) is 0 Å². The van der Waals surface area contributed by atoms with Crippen molar-refractivity contribution in [1.82, 2.24) is 0 Å². The van der Waals surface area contributed by atoms with Gasteiger partial charge in [-0.1, -0.05) is 35.9 Å². The second kappa shape index (κ2) is 5.60. The Bertz CT molecular complexity index is 713. The Morgan fingerprint density at radius 3 is 2.05 bits per heavy atom. The van der Waals surface area contributed by atoms with Gasteiger partial charge in [0, 0.05) is 0 Å². The molecule has 0 saturated carbocycles. The normalized spacial score (nSPS) is 14.4. The Kier molecular flexibility index (Phi) is 3.78. The van der Waals surface area contributed by atoms with E-state index in [0.717, 1.165) is 13.1 Å². The van der Waals surface area contributed by atoms with Crippen molar-refractivity contribution in [1.29, 1.82) is 0 Å². The topological polar surface area (TPSA) is 6.25 Å². The first-order valence-electron chi connectivity index (χ1n) is 7.99. The van der Waals surface area contributed by atoms with Gasteiger partial charge in [0.1, 0.15) is 24.5 Å². The zero-order valence-electron chi connectivity index (χ0n) is 14.3. The zero-order valence-corrected chi connectivity index (χ0v) is 14.3. The van der Waals surface area contributed by atoms with Gasteiger partial charge in [-0.25, -0.2) is 9.48 Å². The quantitative estimate of drug-likeness (QED) is 0.743. The number of para-hydroxylation sites is 1. The summed E-state index contributed by atoms with van der Waals surface area (Å²) in [6, 6.07) is 11.1. The molecule has 2 heteroatoms.